The van der Waals surface area contributed by atoms with Gasteiger partial charge in [0.05, 0.1) is 65.6 Å². The monoisotopic (exact) mass is 1570 g/mol. The Bertz CT molecular complexity index is 3900. The molecule has 1 saturated carbocycles. The number of hydrogen-bond donors (Lipinski definition) is 12. The minimum atomic E-state index is -1.42. The van der Waals surface area contributed by atoms with Crippen LogP contribution in [0.15, 0.2) is 123 Å². The van der Waals surface area contributed by atoms with E-state index in [1.807, 2.05) is 0 Å². The number of thioether (sulfide) groups is 2. The second-order valence-corrected chi connectivity index (χ2v) is 27.3. The van der Waals surface area contributed by atoms with Crippen molar-refractivity contribution in [2.24, 2.45) is 5.92 Å². The molecule has 3 fully saturated rings. The van der Waals surface area contributed by atoms with Gasteiger partial charge in [-0.1, -0.05) is 69.6 Å². The lowest BCUT2D eigenvalue weighted by atomic mass is 10.1. The molecule has 1 aliphatic carbocycles. The van der Waals surface area contributed by atoms with Gasteiger partial charge in [-0.3, -0.25) is 43.2 Å². The highest BCUT2D eigenvalue weighted by Crippen LogP contribution is 2.33. The summed E-state index contributed by atoms with van der Waals surface area (Å²) in [6.07, 6.45) is 15.1. The smallest absolute Gasteiger partial charge is 0.328 e. The number of hydrogen-bond acceptors (Lipinski definition) is 18. The molecule has 12 N–H and O–H groups in total. The van der Waals surface area contributed by atoms with Gasteiger partial charge in [0.15, 0.2) is 0 Å². The molecule has 103 heavy (non-hydrogen) atoms. The quantitative estimate of drug-likeness (QED) is 0.0190. The van der Waals surface area contributed by atoms with Crippen LogP contribution < -0.4 is 47.9 Å². The fourth-order valence-electron chi connectivity index (χ4n) is 9.09. The lowest BCUT2D eigenvalue weighted by Gasteiger charge is -2.18. The van der Waals surface area contributed by atoms with E-state index in [1.54, 1.807) is 36.4 Å². The van der Waals surface area contributed by atoms with Crippen molar-refractivity contribution >= 4 is 182 Å². The van der Waals surface area contributed by atoms with E-state index < -0.39 is 65.8 Å². The molecule has 0 spiro atoms. The standard InChI is InChI=1S/C23H23Cl2N3O7.C22H21Cl2N3O6S2.C22H21Cl2N3O6/c24-15-9-13(11-26-19(29)6-5-14-3-1-7-34-14)10-16(25)20(15)22(31)28-17(23(32)33)12-27-21(30)18-4-2-8-35-18;23-14-8-12(10-25-17(28)4-3-13-2-1-5-33-13)9-15(24)18(14)19(29)27-16(21(31)32)11-26-20(30)22-34-6-7-35-22;23-15-8-12(10-25-18(28)6-5-14-2-1-7-33-14)9-16(24)19(15)21(30)27-17(22(31)32)11-26-20(29)13-3-4-13/h1,3,5-7,9-10,17-18H,2,4,8,11-12H2,(H,26,29)(H,27,30)(H,28,31)(H,32,33);1-5,8-9,16,22H,6-7,10-11H2,(H,25,28)(H,26,30)(H,27,29)(H,31,32);1-2,5-9,13,17H,3-4,10-11H2,(H,25,28)(H,26,29)(H,27,30)(H,31,32)/b6-5+;4-3+;6-5+/t17-,18?;16-;17-/m000/s1. The Balaban J connectivity index is 0.000000216. The number of halogens is 6. The molecule has 4 atom stereocenters. The number of carboxylic acids is 3. The summed E-state index contributed by atoms with van der Waals surface area (Å²) >= 11 is 40.3. The van der Waals surface area contributed by atoms with Crippen LogP contribution in [0.3, 0.4) is 0 Å². The molecule has 3 aromatic heterocycles. The number of benzene rings is 3. The van der Waals surface area contributed by atoms with E-state index in [-0.39, 0.29) is 126 Å². The summed E-state index contributed by atoms with van der Waals surface area (Å²) in [7, 11) is 0. The third-order valence-corrected chi connectivity index (χ3v) is 19.2. The Hall–Kier alpha value is -9.24. The Kier molecular flexibility index (Phi) is 31.9. The lowest BCUT2D eigenvalue weighted by molar-refractivity contribution is -0.140. The van der Waals surface area contributed by atoms with E-state index in [0.717, 1.165) is 30.8 Å². The maximum atomic E-state index is 12.7. The minimum absolute atomic E-state index is 0.0125. The van der Waals surface area contributed by atoms with Gasteiger partial charge in [0.25, 0.3) is 17.7 Å². The molecular weight excluding hydrogens is 1510 g/mol. The largest absolute Gasteiger partial charge is 0.480 e. The number of furan rings is 3. The fourth-order valence-corrected chi connectivity index (χ4v) is 13.8. The van der Waals surface area contributed by atoms with E-state index in [4.69, 9.17) is 87.6 Å². The summed E-state index contributed by atoms with van der Waals surface area (Å²) < 4.78 is 20.3. The van der Waals surface area contributed by atoms with Crippen LogP contribution in [-0.2, 0) is 67.5 Å². The number of aliphatic carboxylic acids is 3. The molecule has 36 heteroatoms. The molecule has 0 bridgehead atoms. The summed E-state index contributed by atoms with van der Waals surface area (Å²) in [5.41, 5.74) is 1.25. The summed E-state index contributed by atoms with van der Waals surface area (Å²) in [6.45, 7) is -0.170. The van der Waals surface area contributed by atoms with Crippen molar-refractivity contribution in [2.75, 3.05) is 37.7 Å². The first kappa shape index (κ1) is 81.1. The number of rotatable bonds is 30. The Morgan fingerprint density at radius 3 is 1.05 bits per heavy atom. The van der Waals surface area contributed by atoms with Gasteiger partial charge >= 0.3 is 17.9 Å². The molecular formula is C67H65Cl6N9O19S2. The Morgan fingerprint density at radius 1 is 0.447 bits per heavy atom. The Labute approximate surface area is 625 Å². The average Bonchev–Trinajstić information content (AvgIpc) is 1.48. The first-order valence-electron chi connectivity index (χ1n) is 30.9. The van der Waals surface area contributed by atoms with E-state index >= 15 is 0 Å². The van der Waals surface area contributed by atoms with Crippen LogP contribution in [-0.4, -0.2) is 153 Å². The van der Waals surface area contributed by atoms with Gasteiger partial charge in [-0.2, -0.15) is 0 Å². The van der Waals surface area contributed by atoms with Gasteiger partial charge < -0.3 is 81.2 Å². The number of nitrogens with one attached hydrogen (secondary N) is 9. The van der Waals surface area contributed by atoms with E-state index in [1.165, 1.54) is 115 Å². The first-order valence-corrected chi connectivity index (χ1v) is 35.3. The predicted octanol–water partition coefficient (Wildman–Crippen LogP) is 8.04. The lowest BCUT2D eigenvalue weighted by Crippen LogP contribution is -2.50. The van der Waals surface area contributed by atoms with Crippen molar-refractivity contribution in [1.29, 1.82) is 0 Å². The Morgan fingerprint density at radius 2 is 0.767 bits per heavy atom. The van der Waals surface area contributed by atoms with Gasteiger partial charge in [0.2, 0.25) is 35.4 Å². The van der Waals surface area contributed by atoms with Crippen LogP contribution in [0, 0.1) is 5.92 Å². The highest BCUT2D eigenvalue weighted by Gasteiger charge is 2.33. The maximum Gasteiger partial charge on any atom is 0.328 e. The van der Waals surface area contributed by atoms with Gasteiger partial charge in [-0.15, -0.1) is 23.5 Å². The van der Waals surface area contributed by atoms with Crippen molar-refractivity contribution < 1.29 is 90.8 Å². The number of ether oxygens (including phenoxy) is 1. The molecule has 2 aliphatic heterocycles. The van der Waals surface area contributed by atoms with Crippen LogP contribution in [0.25, 0.3) is 18.2 Å². The molecule has 5 heterocycles. The third-order valence-electron chi connectivity index (χ3n) is 14.5. The predicted molar refractivity (Wildman–Crippen MR) is 384 cm³/mol. The summed E-state index contributed by atoms with van der Waals surface area (Å²) in [6, 6.07) is 14.7. The van der Waals surface area contributed by atoms with Crippen molar-refractivity contribution in [3.8, 4) is 0 Å². The van der Waals surface area contributed by atoms with Crippen molar-refractivity contribution in [2.45, 2.75) is 74.1 Å². The summed E-state index contributed by atoms with van der Waals surface area (Å²) in [5, 5.41) is 50.6. The van der Waals surface area contributed by atoms with Gasteiger partial charge in [-0.05, 0) is 133 Å². The van der Waals surface area contributed by atoms with E-state index in [9.17, 15) is 72.9 Å². The van der Waals surface area contributed by atoms with Crippen molar-refractivity contribution in [3.63, 3.8) is 0 Å². The number of carbonyl (C=O) groups excluding carboxylic acids is 9. The molecule has 546 valence electrons. The SMILES string of the molecule is O=C(/C=C/c1ccco1)NCc1cc(Cl)c(C(=O)N[C@@H](CNC(=O)C2CC2)C(=O)O)c(Cl)c1.O=C(/C=C/c1ccco1)NCc1cc(Cl)c(C(=O)N[C@@H](CNC(=O)C2CCCO2)C(=O)O)c(Cl)c1.O=C(/C=C/c1ccco1)NCc1cc(Cl)c(C(=O)N[C@@H](CNC(=O)C2SCCS2)C(=O)O)c(Cl)c1. The van der Waals surface area contributed by atoms with Crippen LogP contribution in [0.1, 0.15) is 90.7 Å². The van der Waals surface area contributed by atoms with Crippen LogP contribution in [0.4, 0.5) is 0 Å². The van der Waals surface area contributed by atoms with Gasteiger partial charge in [0, 0.05) is 81.5 Å². The normalized spacial score (nSPS) is 14.9. The molecule has 9 rings (SSSR count). The number of carboxylic acid groups (broad SMARTS) is 3. The number of amides is 9. The zero-order chi connectivity index (χ0) is 74.7. The van der Waals surface area contributed by atoms with Crippen LogP contribution in [0.2, 0.25) is 30.1 Å². The molecule has 6 aromatic rings. The third kappa shape index (κ3) is 26.5. The van der Waals surface area contributed by atoms with Crippen molar-refractivity contribution in [3.05, 3.63) is 191 Å². The minimum Gasteiger partial charge on any atom is -0.480 e. The molecule has 0 radical (unpaired) electrons. The fraction of sp³-hybridized carbons (Fsp3) is 0.284. The molecule has 28 nitrogen and oxygen atoms in total. The second-order valence-electron chi connectivity index (χ2n) is 22.2. The van der Waals surface area contributed by atoms with Crippen LogP contribution in [0.5, 0.6) is 0 Å². The van der Waals surface area contributed by atoms with E-state index in [0.29, 0.717) is 47.0 Å². The molecule has 3 aliphatic rings. The first-order chi connectivity index (χ1) is 49.2. The topological polar surface area (TPSA) is 422 Å². The molecule has 1 unspecified atom stereocenters. The highest BCUT2D eigenvalue weighted by atomic mass is 35.5. The summed E-state index contributed by atoms with van der Waals surface area (Å²) in [4.78, 5) is 145. The second kappa shape index (κ2) is 40.6. The zero-order valence-corrected chi connectivity index (χ0v) is 59.9. The van der Waals surface area contributed by atoms with E-state index in [2.05, 4.69) is 47.9 Å². The highest BCUT2D eigenvalue weighted by molar-refractivity contribution is 8.21. The van der Waals surface area contributed by atoms with Crippen molar-refractivity contribution in [1.82, 2.24) is 47.9 Å². The zero-order valence-electron chi connectivity index (χ0n) is 53.7. The maximum absolute atomic E-state index is 12.7. The van der Waals surface area contributed by atoms with Crippen LogP contribution >= 0.6 is 93.1 Å². The molecule has 3 aromatic carbocycles. The van der Waals surface area contributed by atoms with Gasteiger partial charge in [-0.25, -0.2) is 14.4 Å². The molecule has 2 saturated heterocycles. The number of carbonyl (C=O) groups is 12. The van der Waals surface area contributed by atoms with Gasteiger partial charge in [0.1, 0.15) is 46.1 Å². The summed E-state index contributed by atoms with van der Waals surface area (Å²) in [5.74, 6) is -5.33. The molecule has 9 amide bonds. The average molecular weight is 1580 g/mol.